The molecule has 0 radical (unpaired) electrons. The molecule has 0 amide bonds. The number of hydrogen-bond acceptors (Lipinski definition) is 4. The highest BCUT2D eigenvalue weighted by molar-refractivity contribution is 5.63. The number of rotatable bonds is 6. The number of para-hydroxylation sites is 1. The van der Waals surface area contributed by atoms with Gasteiger partial charge < -0.3 is 19.9 Å². The minimum Gasteiger partial charge on any atom is -0.489 e. The minimum atomic E-state index is -0.596. The largest absolute Gasteiger partial charge is 0.489 e. The van der Waals surface area contributed by atoms with Gasteiger partial charge in [0.1, 0.15) is 18.5 Å². The third kappa shape index (κ3) is 4.11. The fourth-order valence-electron chi connectivity index (χ4n) is 2.14. The van der Waals surface area contributed by atoms with E-state index in [1.165, 1.54) is 5.56 Å². The fourth-order valence-corrected chi connectivity index (χ4v) is 2.14. The van der Waals surface area contributed by atoms with Gasteiger partial charge in [0, 0.05) is 6.54 Å². The van der Waals surface area contributed by atoms with E-state index in [1.807, 2.05) is 26.0 Å². The van der Waals surface area contributed by atoms with E-state index in [0.29, 0.717) is 6.61 Å². The van der Waals surface area contributed by atoms with E-state index in [2.05, 4.69) is 11.4 Å². The molecule has 1 aliphatic rings. The van der Waals surface area contributed by atoms with Crippen LogP contribution in [0.1, 0.15) is 25.8 Å². The van der Waals surface area contributed by atoms with Crippen LogP contribution in [0.4, 0.5) is 5.69 Å². The lowest BCUT2D eigenvalue weighted by molar-refractivity contribution is -0.0122. The third-order valence-electron chi connectivity index (χ3n) is 3.09. The van der Waals surface area contributed by atoms with E-state index in [9.17, 15) is 5.11 Å². The molecular formula is C15H23NO3. The molecule has 4 nitrogen and oxygen atoms in total. The van der Waals surface area contributed by atoms with Gasteiger partial charge in [0.2, 0.25) is 0 Å². The smallest absolute Gasteiger partial charge is 0.142 e. The van der Waals surface area contributed by atoms with Crippen molar-refractivity contribution in [3.63, 3.8) is 0 Å². The standard InChI is InChI=1S/C15H23NO3/c1-11(2)18-9-13(17)10-19-14-7-3-5-12-6-4-8-16-15(12)14/h3,5,7,11,13,16-17H,4,6,8-10H2,1-2H3. The van der Waals surface area contributed by atoms with Crippen molar-refractivity contribution < 1.29 is 14.6 Å². The fraction of sp³-hybridized carbons (Fsp3) is 0.600. The van der Waals surface area contributed by atoms with Crippen LogP contribution in [0.15, 0.2) is 18.2 Å². The van der Waals surface area contributed by atoms with Crippen molar-refractivity contribution in [2.24, 2.45) is 0 Å². The molecule has 1 atom stereocenters. The molecule has 4 heteroatoms. The first-order chi connectivity index (χ1) is 9.16. The predicted molar refractivity (Wildman–Crippen MR) is 75.8 cm³/mol. The first-order valence-electron chi connectivity index (χ1n) is 6.95. The van der Waals surface area contributed by atoms with Gasteiger partial charge in [-0.1, -0.05) is 12.1 Å². The summed E-state index contributed by atoms with van der Waals surface area (Å²) in [6, 6.07) is 6.05. The van der Waals surface area contributed by atoms with Crippen molar-refractivity contribution in [1.82, 2.24) is 0 Å². The summed E-state index contributed by atoms with van der Waals surface area (Å²) in [5, 5.41) is 13.2. The van der Waals surface area contributed by atoms with Gasteiger partial charge in [0.25, 0.3) is 0 Å². The van der Waals surface area contributed by atoms with Crippen molar-refractivity contribution in [2.45, 2.75) is 38.9 Å². The van der Waals surface area contributed by atoms with Crippen molar-refractivity contribution in [3.05, 3.63) is 23.8 Å². The van der Waals surface area contributed by atoms with E-state index in [1.54, 1.807) is 0 Å². The molecule has 0 aliphatic carbocycles. The van der Waals surface area contributed by atoms with Gasteiger partial charge in [-0.2, -0.15) is 0 Å². The SMILES string of the molecule is CC(C)OCC(O)COc1cccc2c1NCCC2. The molecule has 1 unspecified atom stereocenters. The zero-order valence-corrected chi connectivity index (χ0v) is 11.7. The summed E-state index contributed by atoms with van der Waals surface area (Å²) >= 11 is 0. The Kier molecular flexibility index (Phi) is 5.05. The average molecular weight is 265 g/mol. The molecule has 2 N–H and O–H groups in total. The average Bonchev–Trinajstić information content (AvgIpc) is 2.42. The van der Waals surface area contributed by atoms with Gasteiger partial charge in [-0.05, 0) is 38.3 Å². The molecule has 1 aliphatic heterocycles. The number of ether oxygens (including phenoxy) is 2. The first kappa shape index (κ1) is 14.2. The van der Waals surface area contributed by atoms with Gasteiger partial charge in [-0.3, -0.25) is 0 Å². The van der Waals surface area contributed by atoms with E-state index < -0.39 is 6.10 Å². The Morgan fingerprint density at radius 2 is 2.16 bits per heavy atom. The Labute approximate surface area is 114 Å². The zero-order valence-electron chi connectivity index (χ0n) is 11.7. The van der Waals surface area contributed by atoms with E-state index in [-0.39, 0.29) is 12.7 Å². The Hall–Kier alpha value is -1.26. The summed E-state index contributed by atoms with van der Waals surface area (Å²) in [7, 11) is 0. The summed E-state index contributed by atoms with van der Waals surface area (Å²) in [5.74, 6) is 0.820. The second-order valence-corrected chi connectivity index (χ2v) is 5.17. The summed E-state index contributed by atoms with van der Waals surface area (Å²) in [6.07, 6.45) is 1.77. The molecule has 106 valence electrons. The van der Waals surface area contributed by atoms with Crippen LogP contribution in [0.3, 0.4) is 0 Å². The molecule has 0 spiro atoms. The molecule has 0 saturated carbocycles. The third-order valence-corrected chi connectivity index (χ3v) is 3.09. The molecule has 0 saturated heterocycles. The lowest BCUT2D eigenvalue weighted by Crippen LogP contribution is -2.25. The molecule has 0 fully saturated rings. The normalized spacial score (nSPS) is 15.8. The molecular weight excluding hydrogens is 242 g/mol. The van der Waals surface area contributed by atoms with Gasteiger partial charge in [0.05, 0.1) is 18.4 Å². The highest BCUT2D eigenvalue weighted by Crippen LogP contribution is 2.31. The molecule has 19 heavy (non-hydrogen) atoms. The van der Waals surface area contributed by atoms with Gasteiger partial charge in [-0.25, -0.2) is 0 Å². The van der Waals surface area contributed by atoms with Gasteiger partial charge in [-0.15, -0.1) is 0 Å². The molecule has 1 aromatic rings. The number of aliphatic hydroxyl groups excluding tert-OH is 1. The quantitative estimate of drug-likeness (QED) is 0.828. The zero-order chi connectivity index (χ0) is 13.7. The highest BCUT2D eigenvalue weighted by atomic mass is 16.5. The monoisotopic (exact) mass is 265 g/mol. The number of aliphatic hydroxyl groups is 1. The van der Waals surface area contributed by atoms with Crippen LogP contribution in [-0.4, -0.2) is 37.1 Å². The van der Waals surface area contributed by atoms with Crippen LogP contribution in [0.25, 0.3) is 0 Å². The molecule has 0 bridgehead atoms. The molecule has 1 aromatic carbocycles. The van der Waals surface area contributed by atoms with Crippen LogP contribution in [-0.2, 0) is 11.2 Å². The molecule has 1 heterocycles. The second kappa shape index (κ2) is 6.78. The van der Waals surface area contributed by atoms with E-state index in [0.717, 1.165) is 30.8 Å². The lowest BCUT2D eigenvalue weighted by atomic mass is 10.0. The lowest BCUT2D eigenvalue weighted by Gasteiger charge is -2.22. The Balaban J connectivity index is 1.89. The maximum absolute atomic E-state index is 9.79. The molecule has 2 rings (SSSR count). The predicted octanol–water partition coefficient (Wildman–Crippen LogP) is 2.21. The Morgan fingerprint density at radius 3 is 2.95 bits per heavy atom. The number of fused-ring (bicyclic) bond motifs is 1. The van der Waals surface area contributed by atoms with Crippen molar-refractivity contribution in [3.8, 4) is 5.75 Å². The summed E-state index contributed by atoms with van der Waals surface area (Å²) in [5.41, 5.74) is 2.36. The van der Waals surface area contributed by atoms with Crippen LogP contribution in [0.5, 0.6) is 5.75 Å². The number of hydrogen-bond donors (Lipinski definition) is 2. The summed E-state index contributed by atoms with van der Waals surface area (Å²) in [6.45, 7) is 5.44. The number of benzene rings is 1. The topological polar surface area (TPSA) is 50.7 Å². The highest BCUT2D eigenvalue weighted by Gasteiger charge is 2.14. The number of aryl methyl sites for hydroxylation is 1. The van der Waals surface area contributed by atoms with Crippen LogP contribution < -0.4 is 10.1 Å². The van der Waals surface area contributed by atoms with E-state index >= 15 is 0 Å². The maximum atomic E-state index is 9.79. The van der Waals surface area contributed by atoms with Gasteiger partial charge in [0.15, 0.2) is 0 Å². The Morgan fingerprint density at radius 1 is 1.32 bits per heavy atom. The minimum absolute atomic E-state index is 0.126. The van der Waals surface area contributed by atoms with Crippen molar-refractivity contribution in [1.29, 1.82) is 0 Å². The van der Waals surface area contributed by atoms with Crippen LogP contribution in [0.2, 0.25) is 0 Å². The first-order valence-corrected chi connectivity index (χ1v) is 6.95. The second-order valence-electron chi connectivity index (χ2n) is 5.17. The van der Waals surface area contributed by atoms with Crippen LogP contribution in [0, 0.1) is 0 Å². The van der Waals surface area contributed by atoms with Crippen molar-refractivity contribution >= 4 is 5.69 Å². The summed E-state index contributed by atoms with van der Waals surface area (Å²) < 4.78 is 11.1. The maximum Gasteiger partial charge on any atom is 0.142 e. The number of anilines is 1. The number of nitrogens with one attached hydrogen (secondary N) is 1. The Bertz CT molecular complexity index is 406. The van der Waals surface area contributed by atoms with Gasteiger partial charge >= 0.3 is 0 Å². The van der Waals surface area contributed by atoms with Crippen LogP contribution >= 0.6 is 0 Å². The molecule has 0 aromatic heterocycles. The summed E-state index contributed by atoms with van der Waals surface area (Å²) in [4.78, 5) is 0. The van der Waals surface area contributed by atoms with E-state index in [4.69, 9.17) is 9.47 Å². The van der Waals surface area contributed by atoms with Crippen molar-refractivity contribution in [2.75, 3.05) is 25.1 Å².